The summed E-state index contributed by atoms with van der Waals surface area (Å²) in [7, 11) is 0. The Morgan fingerprint density at radius 3 is 2.69 bits per heavy atom. The fourth-order valence-electron chi connectivity index (χ4n) is 2.60. The molecule has 0 saturated carbocycles. The Kier molecular flexibility index (Phi) is 5.36. The second-order valence-electron chi connectivity index (χ2n) is 5.93. The molecule has 3 rings (SSSR count). The van der Waals surface area contributed by atoms with Crippen LogP contribution in [0.2, 0.25) is 0 Å². The molecule has 0 bridgehead atoms. The second-order valence-corrected chi connectivity index (χ2v) is 5.93. The van der Waals surface area contributed by atoms with Crippen molar-refractivity contribution in [2.45, 2.75) is 20.0 Å². The molecule has 0 spiro atoms. The van der Waals surface area contributed by atoms with Crippen LogP contribution in [0.25, 0.3) is 0 Å². The molecular formula is C19H19FN2O4. The highest BCUT2D eigenvalue weighted by Crippen LogP contribution is 2.32. The topological polar surface area (TPSA) is 67.9 Å². The van der Waals surface area contributed by atoms with Crippen molar-refractivity contribution in [2.75, 3.05) is 13.3 Å². The Morgan fingerprint density at radius 2 is 1.92 bits per heavy atom. The summed E-state index contributed by atoms with van der Waals surface area (Å²) < 4.78 is 24.2. The highest BCUT2D eigenvalue weighted by Gasteiger charge is 2.17. The molecule has 136 valence electrons. The predicted molar refractivity (Wildman–Crippen MR) is 91.9 cm³/mol. The number of benzene rings is 2. The summed E-state index contributed by atoms with van der Waals surface area (Å²) in [6, 6.07) is 11.6. The van der Waals surface area contributed by atoms with E-state index in [2.05, 4.69) is 5.32 Å². The standard InChI is InChI=1S/C19H19FN2O4/c1-13(23)22(10-14-6-7-17-18(8-14)26-12-25-17)11-19(24)21-9-15-4-2-3-5-16(15)20/h2-8H,9-12H2,1H3,(H,21,24). The maximum absolute atomic E-state index is 13.6. The van der Waals surface area contributed by atoms with Crippen LogP contribution < -0.4 is 14.8 Å². The van der Waals surface area contributed by atoms with E-state index in [9.17, 15) is 14.0 Å². The van der Waals surface area contributed by atoms with E-state index in [-0.39, 0.29) is 44.1 Å². The fraction of sp³-hybridized carbons (Fsp3) is 0.263. The molecule has 6 nitrogen and oxygen atoms in total. The van der Waals surface area contributed by atoms with E-state index in [1.165, 1.54) is 17.9 Å². The highest BCUT2D eigenvalue weighted by molar-refractivity contribution is 5.83. The summed E-state index contributed by atoms with van der Waals surface area (Å²) in [6.45, 7) is 1.80. The first-order valence-electron chi connectivity index (χ1n) is 8.17. The van der Waals surface area contributed by atoms with Crippen molar-refractivity contribution < 1.29 is 23.5 Å². The molecule has 0 aromatic heterocycles. The molecule has 0 unspecified atom stereocenters. The van der Waals surface area contributed by atoms with Gasteiger partial charge in [-0.2, -0.15) is 0 Å². The van der Waals surface area contributed by atoms with Crippen LogP contribution >= 0.6 is 0 Å². The van der Waals surface area contributed by atoms with Crippen LogP contribution in [-0.2, 0) is 22.7 Å². The van der Waals surface area contributed by atoms with Crippen LogP contribution in [0.4, 0.5) is 4.39 Å². The van der Waals surface area contributed by atoms with Gasteiger partial charge in [-0.1, -0.05) is 24.3 Å². The largest absolute Gasteiger partial charge is 0.454 e. The summed E-state index contributed by atoms with van der Waals surface area (Å²) >= 11 is 0. The number of rotatable bonds is 6. The number of nitrogens with zero attached hydrogens (tertiary/aromatic N) is 1. The Hall–Kier alpha value is -3.09. The number of hydrogen-bond donors (Lipinski definition) is 1. The number of fused-ring (bicyclic) bond motifs is 1. The van der Waals surface area contributed by atoms with Crippen LogP contribution in [0, 0.1) is 5.82 Å². The number of amides is 2. The lowest BCUT2D eigenvalue weighted by molar-refractivity contribution is -0.135. The van der Waals surface area contributed by atoms with Crippen molar-refractivity contribution in [3.63, 3.8) is 0 Å². The van der Waals surface area contributed by atoms with Crippen LogP contribution in [0.5, 0.6) is 11.5 Å². The van der Waals surface area contributed by atoms with Gasteiger partial charge in [-0.15, -0.1) is 0 Å². The third-order valence-electron chi connectivity index (χ3n) is 4.02. The second kappa shape index (κ2) is 7.86. The monoisotopic (exact) mass is 358 g/mol. The number of carbonyl (C=O) groups is 2. The van der Waals surface area contributed by atoms with Gasteiger partial charge in [0.05, 0.1) is 6.54 Å². The molecule has 1 aliphatic heterocycles. The van der Waals surface area contributed by atoms with Crippen molar-refractivity contribution in [3.8, 4) is 11.5 Å². The van der Waals surface area contributed by atoms with E-state index >= 15 is 0 Å². The van der Waals surface area contributed by atoms with Gasteiger partial charge in [0, 0.05) is 25.6 Å². The van der Waals surface area contributed by atoms with E-state index in [0.717, 1.165) is 5.56 Å². The van der Waals surface area contributed by atoms with Crippen molar-refractivity contribution >= 4 is 11.8 Å². The van der Waals surface area contributed by atoms with Gasteiger partial charge in [-0.05, 0) is 23.8 Å². The molecule has 0 fully saturated rings. The van der Waals surface area contributed by atoms with Crippen LogP contribution in [-0.4, -0.2) is 30.1 Å². The van der Waals surface area contributed by atoms with Gasteiger partial charge in [0.15, 0.2) is 11.5 Å². The molecule has 1 heterocycles. The zero-order chi connectivity index (χ0) is 18.5. The molecule has 0 aliphatic carbocycles. The molecule has 2 aromatic carbocycles. The summed E-state index contributed by atoms with van der Waals surface area (Å²) in [5.74, 6) is 0.310. The van der Waals surface area contributed by atoms with Crippen molar-refractivity contribution in [3.05, 3.63) is 59.4 Å². The first-order valence-corrected chi connectivity index (χ1v) is 8.17. The number of nitrogens with one attached hydrogen (secondary N) is 1. The molecule has 26 heavy (non-hydrogen) atoms. The molecule has 2 aromatic rings. The smallest absolute Gasteiger partial charge is 0.239 e. The lowest BCUT2D eigenvalue weighted by Crippen LogP contribution is -2.39. The maximum Gasteiger partial charge on any atom is 0.239 e. The number of halogens is 1. The Morgan fingerprint density at radius 1 is 1.15 bits per heavy atom. The molecule has 0 radical (unpaired) electrons. The summed E-state index contributed by atoms with van der Waals surface area (Å²) in [4.78, 5) is 25.4. The Labute approximate surface area is 150 Å². The minimum absolute atomic E-state index is 0.0707. The average Bonchev–Trinajstić information content (AvgIpc) is 3.08. The summed E-state index contributed by atoms with van der Waals surface area (Å²) in [5, 5.41) is 2.64. The van der Waals surface area contributed by atoms with Gasteiger partial charge in [0.1, 0.15) is 5.82 Å². The summed E-state index contributed by atoms with van der Waals surface area (Å²) in [5.41, 5.74) is 1.22. The third-order valence-corrected chi connectivity index (χ3v) is 4.02. The molecule has 1 N–H and O–H groups in total. The Bertz CT molecular complexity index is 825. The molecule has 1 aliphatic rings. The third kappa shape index (κ3) is 4.30. The number of carbonyl (C=O) groups excluding carboxylic acids is 2. The first-order chi connectivity index (χ1) is 12.5. The predicted octanol–water partition coefficient (Wildman–Crippen LogP) is 2.22. The average molecular weight is 358 g/mol. The molecule has 7 heteroatoms. The molecule has 2 amide bonds. The number of ether oxygens (including phenoxy) is 2. The van der Waals surface area contributed by atoms with Crippen molar-refractivity contribution in [2.24, 2.45) is 0 Å². The van der Waals surface area contributed by atoms with E-state index in [0.29, 0.717) is 17.1 Å². The Balaban J connectivity index is 1.58. The van der Waals surface area contributed by atoms with E-state index in [4.69, 9.17) is 9.47 Å². The van der Waals surface area contributed by atoms with Crippen molar-refractivity contribution in [1.29, 1.82) is 0 Å². The van der Waals surface area contributed by atoms with Gasteiger partial charge in [0.2, 0.25) is 18.6 Å². The normalized spacial score (nSPS) is 11.9. The molecule has 0 saturated heterocycles. The quantitative estimate of drug-likeness (QED) is 0.860. The van der Waals surface area contributed by atoms with Crippen LogP contribution in [0.3, 0.4) is 0 Å². The van der Waals surface area contributed by atoms with Gasteiger partial charge in [0.25, 0.3) is 0 Å². The van der Waals surface area contributed by atoms with Crippen LogP contribution in [0.15, 0.2) is 42.5 Å². The lowest BCUT2D eigenvalue weighted by Gasteiger charge is -2.21. The minimum Gasteiger partial charge on any atom is -0.454 e. The van der Waals surface area contributed by atoms with Gasteiger partial charge < -0.3 is 19.7 Å². The highest BCUT2D eigenvalue weighted by atomic mass is 19.1. The van der Waals surface area contributed by atoms with Crippen LogP contribution in [0.1, 0.15) is 18.1 Å². The first kappa shape index (κ1) is 17.7. The van der Waals surface area contributed by atoms with E-state index in [1.807, 2.05) is 6.07 Å². The SMILES string of the molecule is CC(=O)N(CC(=O)NCc1ccccc1F)Cc1ccc2c(c1)OCO2. The van der Waals surface area contributed by atoms with Crippen molar-refractivity contribution in [1.82, 2.24) is 10.2 Å². The zero-order valence-corrected chi connectivity index (χ0v) is 14.3. The summed E-state index contributed by atoms with van der Waals surface area (Å²) in [6.07, 6.45) is 0. The van der Waals surface area contributed by atoms with E-state index in [1.54, 1.807) is 30.3 Å². The molecular weight excluding hydrogens is 339 g/mol. The van der Waals surface area contributed by atoms with Gasteiger partial charge in [-0.25, -0.2) is 4.39 Å². The lowest BCUT2D eigenvalue weighted by atomic mass is 10.2. The van der Waals surface area contributed by atoms with Gasteiger partial charge >= 0.3 is 0 Å². The van der Waals surface area contributed by atoms with Gasteiger partial charge in [-0.3, -0.25) is 9.59 Å². The maximum atomic E-state index is 13.6. The fourth-order valence-corrected chi connectivity index (χ4v) is 2.60. The van der Waals surface area contributed by atoms with E-state index < -0.39 is 0 Å². The zero-order valence-electron chi connectivity index (χ0n) is 14.3. The minimum atomic E-state index is -0.378. The molecule has 0 atom stereocenters. The number of hydrogen-bond acceptors (Lipinski definition) is 4.